The molecular weight excluding hydrogens is 721 g/mol. The molecule has 1 aliphatic heterocycles. The van der Waals surface area contributed by atoms with E-state index >= 15 is 0 Å². The lowest BCUT2D eigenvalue weighted by atomic mass is 9.99. The van der Waals surface area contributed by atoms with Crippen LogP contribution in [-0.4, -0.2) is 89.6 Å². The van der Waals surface area contributed by atoms with Gasteiger partial charge in [0.05, 0.1) is 19.8 Å². The van der Waals surface area contributed by atoms with Gasteiger partial charge >= 0.3 is 5.97 Å². The zero-order valence-corrected chi connectivity index (χ0v) is 36.6. The first-order chi connectivity index (χ1) is 27.9. The maximum atomic E-state index is 12.7. The van der Waals surface area contributed by atoms with E-state index in [1.165, 1.54) is 135 Å². The van der Waals surface area contributed by atoms with Crippen LogP contribution in [0.4, 0.5) is 0 Å². The summed E-state index contributed by atoms with van der Waals surface area (Å²) in [5, 5.41) is 40.1. The Balaban J connectivity index is 2.18. The van der Waals surface area contributed by atoms with Crippen LogP contribution in [0.3, 0.4) is 0 Å². The van der Waals surface area contributed by atoms with E-state index < -0.39 is 43.4 Å². The van der Waals surface area contributed by atoms with Gasteiger partial charge in [0.15, 0.2) is 6.29 Å². The number of ether oxygens (including phenoxy) is 4. The van der Waals surface area contributed by atoms with Crippen LogP contribution in [0.5, 0.6) is 0 Å². The van der Waals surface area contributed by atoms with Crippen molar-refractivity contribution in [3.8, 4) is 0 Å². The molecule has 9 heteroatoms. The van der Waals surface area contributed by atoms with Crippen LogP contribution in [0, 0.1) is 0 Å². The van der Waals surface area contributed by atoms with Gasteiger partial charge in [-0.15, -0.1) is 0 Å². The normalized spacial score (nSPS) is 20.7. The number of aliphatic hydroxyl groups is 4. The fourth-order valence-electron chi connectivity index (χ4n) is 7.09. The third kappa shape index (κ3) is 31.0. The Kier molecular flexibility index (Phi) is 37.4. The molecule has 334 valence electrons. The van der Waals surface area contributed by atoms with Crippen molar-refractivity contribution in [2.45, 2.75) is 237 Å². The zero-order valence-electron chi connectivity index (χ0n) is 36.6. The van der Waals surface area contributed by atoms with Crippen LogP contribution in [0.25, 0.3) is 0 Å². The summed E-state index contributed by atoms with van der Waals surface area (Å²) < 4.78 is 22.8. The Bertz CT molecular complexity index is 968. The number of carbonyl (C=O) groups is 1. The molecule has 0 radical (unpaired) electrons. The van der Waals surface area contributed by atoms with Gasteiger partial charge in [0, 0.05) is 13.0 Å². The molecule has 6 atom stereocenters. The third-order valence-corrected chi connectivity index (χ3v) is 10.8. The molecule has 0 spiro atoms. The summed E-state index contributed by atoms with van der Waals surface area (Å²) in [6.07, 6.45) is 40.4. The Morgan fingerprint density at radius 2 is 1.02 bits per heavy atom. The van der Waals surface area contributed by atoms with Gasteiger partial charge in [0.25, 0.3) is 0 Å². The largest absolute Gasteiger partial charge is 0.457 e. The molecule has 0 amide bonds. The summed E-state index contributed by atoms with van der Waals surface area (Å²) in [5.74, 6) is -0.317. The first-order valence-electron chi connectivity index (χ1n) is 23.6. The van der Waals surface area contributed by atoms with Crippen molar-refractivity contribution < 1.29 is 44.2 Å². The van der Waals surface area contributed by atoms with E-state index in [4.69, 9.17) is 18.9 Å². The zero-order chi connectivity index (χ0) is 41.4. The average Bonchev–Trinajstić information content (AvgIpc) is 3.21. The minimum Gasteiger partial charge on any atom is -0.457 e. The standard InChI is InChI=1S/C48H88O9/c1-3-5-7-9-11-13-15-16-17-18-19-20-21-22-23-24-25-26-27-28-30-32-34-36-38-54-40-42(41-55-48-47(53)46(52)45(51)43(39-49)57-48)56-44(50)37-35-33-31-29-14-12-10-8-6-4-2/h15-16,18-19,21-22,42-43,45-49,51-53H,3-14,17,20,23-41H2,1-2H3/b16-15-,19-18-,22-21-. The molecule has 1 fully saturated rings. The molecule has 0 aromatic carbocycles. The molecule has 0 saturated carbocycles. The van der Waals surface area contributed by atoms with E-state index in [1.807, 2.05) is 0 Å². The van der Waals surface area contributed by atoms with Gasteiger partial charge in [0.1, 0.15) is 30.5 Å². The Hall–Kier alpha value is -1.59. The lowest BCUT2D eigenvalue weighted by Crippen LogP contribution is -2.59. The summed E-state index contributed by atoms with van der Waals surface area (Å²) in [6.45, 7) is 4.53. The minimum absolute atomic E-state index is 0.114. The second kappa shape index (κ2) is 39.8. The maximum Gasteiger partial charge on any atom is 0.306 e. The molecule has 9 nitrogen and oxygen atoms in total. The van der Waals surface area contributed by atoms with E-state index in [0.29, 0.717) is 13.0 Å². The number of allylic oxidation sites excluding steroid dienone is 6. The van der Waals surface area contributed by atoms with Gasteiger partial charge in [-0.25, -0.2) is 0 Å². The maximum absolute atomic E-state index is 12.7. The highest BCUT2D eigenvalue weighted by Gasteiger charge is 2.44. The molecule has 0 aliphatic carbocycles. The highest BCUT2D eigenvalue weighted by Crippen LogP contribution is 2.22. The average molecular weight is 809 g/mol. The molecular formula is C48H88O9. The number of rotatable bonds is 40. The predicted octanol–water partition coefficient (Wildman–Crippen LogP) is 10.8. The van der Waals surface area contributed by atoms with Crippen LogP contribution in [0.15, 0.2) is 36.5 Å². The quantitative estimate of drug-likeness (QED) is 0.0271. The second-order valence-corrected chi connectivity index (χ2v) is 16.2. The van der Waals surface area contributed by atoms with E-state index in [2.05, 4.69) is 50.3 Å². The monoisotopic (exact) mass is 809 g/mol. The molecule has 0 bridgehead atoms. The van der Waals surface area contributed by atoms with Gasteiger partial charge < -0.3 is 39.4 Å². The number of carbonyl (C=O) groups excluding carboxylic acids is 1. The van der Waals surface area contributed by atoms with Gasteiger partial charge in [-0.2, -0.15) is 0 Å². The summed E-state index contributed by atoms with van der Waals surface area (Å²) in [4.78, 5) is 12.7. The van der Waals surface area contributed by atoms with Crippen molar-refractivity contribution in [2.24, 2.45) is 0 Å². The topological polar surface area (TPSA) is 135 Å². The van der Waals surface area contributed by atoms with Crippen molar-refractivity contribution in [3.63, 3.8) is 0 Å². The fourth-order valence-corrected chi connectivity index (χ4v) is 7.09. The molecule has 0 aromatic heterocycles. The third-order valence-electron chi connectivity index (χ3n) is 10.8. The molecule has 1 heterocycles. The number of aliphatic hydroxyl groups excluding tert-OH is 4. The first kappa shape index (κ1) is 53.4. The number of esters is 1. The smallest absolute Gasteiger partial charge is 0.306 e. The predicted molar refractivity (Wildman–Crippen MR) is 233 cm³/mol. The highest BCUT2D eigenvalue weighted by atomic mass is 16.7. The molecule has 57 heavy (non-hydrogen) atoms. The molecule has 6 unspecified atom stereocenters. The van der Waals surface area contributed by atoms with Crippen LogP contribution < -0.4 is 0 Å². The first-order valence-corrected chi connectivity index (χ1v) is 23.6. The number of hydrogen-bond acceptors (Lipinski definition) is 9. The molecule has 1 aliphatic rings. The number of unbranched alkanes of at least 4 members (excludes halogenated alkanes) is 23. The molecule has 4 N–H and O–H groups in total. The van der Waals surface area contributed by atoms with E-state index in [1.54, 1.807) is 0 Å². The van der Waals surface area contributed by atoms with Crippen LogP contribution >= 0.6 is 0 Å². The highest BCUT2D eigenvalue weighted by molar-refractivity contribution is 5.69. The van der Waals surface area contributed by atoms with E-state index in [9.17, 15) is 25.2 Å². The van der Waals surface area contributed by atoms with Gasteiger partial charge in [-0.3, -0.25) is 4.79 Å². The number of hydrogen-bond donors (Lipinski definition) is 4. The van der Waals surface area contributed by atoms with Crippen molar-refractivity contribution in [2.75, 3.05) is 26.4 Å². The Morgan fingerprint density at radius 3 is 1.53 bits per heavy atom. The van der Waals surface area contributed by atoms with Crippen molar-refractivity contribution >= 4 is 5.97 Å². The summed E-state index contributed by atoms with van der Waals surface area (Å²) in [5.41, 5.74) is 0. The summed E-state index contributed by atoms with van der Waals surface area (Å²) >= 11 is 0. The van der Waals surface area contributed by atoms with Gasteiger partial charge in [0.2, 0.25) is 0 Å². The molecule has 1 rings (SSSR count). The minimum atomic E-state index is -1.54. The van der Waals surface area contributed by atoms with Crippen molar-refractivity contribution in [1.82, 2.24) is 0 Å². The van der Waals surface area contributed by atoms with Crippen LogP contribution in [0.2, 0.25) is 0 Å². The summed E-state index contributed by atoms with van der Waals surface area (Å²) in [6, 6.07) is 0. The lowest BCUT2D eigenvalue weighted by molar-refractivity contribution is -0.305. The van der Waals surface area contributed by atoms with E-state index in [-0.39, 0.29) is 19.2 Å². The lowest BCUT2D eigenvalue weighted by Gasteiger charge is -2.39. The fraction of sp³-hybridized carbons (Fsp3) is 0.854. The van der Waals surface area contributed by atoms with E-state index in [0.717, 1.165) is 44.9 Å². The Morgan fingerprint density at radius 1 is 0.561 bits per heavy atom. The SMILES string of the molecule is CCCCCCC/C=C\C/C=C\C/C=C\CCCCCCCCCCCOCC(COC1OC(CO)C(O)C(O)C1O)OC(=O)CCCCCCCCCCCC. The molecule has 1 saturated heterocycles. The Labute approximate surface area is 349 Å². The van der Waals surface area contributed by atoms with Gasteiger partial charge in [-0.1, -0.05) is 179 Å². The van der Waals surface area contributed by atoms with Crippen molar-refractivity contribution in [1.29, 1.82) is 0 Å². The van der Waals surface area contributed by atoms with Gasteiger partial charge in [-0.05, 0) is 51.4 Å². The molecule has 0 aromatic rings. The summed E-state index contributed by atoms with van der Waals surface area (Å²) in [7, 11) is 0. The van der Waals surface area contributed by atoms with Crippen LogP contribution in [-0.2, 0) is 23.7 Å². The van der Waals surface area contributed by atoms with Crippen molar-refractivity contribution in [3.05, 3.63) is 36.5 Å². The van der Waals surface area contributed by atoms with Crippen LogP contribution in [0.1, 0.15) is 200 Å². The second-order valence-electron chi connectivity index (χ2n) is 16.2.